The van der Waals surface area contributed by atoms with Crippen LogP contribution in [-0.2, 0) is 10.0 Å². The van der Waals surface area contributed by atoms with Gasteiger partial charge in [-0.05, 0) is 44.0 Å². The number of nitrogens with one attached hydrogen (secondary N) is 1. The van der Waals surface area contributed by atoms with E-state index < -0.39 is 39.2 Å². The van der Waals surface area contributed by atoms with Gasteiger partial charge in [0.25, 0.3) is 0 Å². The first kappa shape index (κ1) is 26.7. The minimum atomic E-state index is -4.92. The van der Waals surface area contributed by atoms with E-state index in [0.29, 0.717) is 30.7 Å². The minimum absolute atomic E-state index is 0.118. The molecule has 0 saturated heterocycles. The maximum Gasteiger partial charge on any atom is 0.573 e. The van der Waals surface area contributed by atoms with Gasteiger partial charge in [-0.1, -0.05) is 12.8 Å². The first-order valence-electron chi connectivity index (χ1n) is 11.1. The van der Waals surface area contributed by atoms with Crippen molar-refractivity contribution in [3.05, 3.63) is 42.1 Å². The second-order valence-electron chi connectivity index (χ2n) is 8.63. The van der Waals surface area contributed by atoms with Crippen molar-refractivity contribution in [2.24, 2.45) is 0 Å². The molecular weight excluding hydrogens is 526 g/mol. The second kappa shape index (κ2) is 9.53. The molecule has 1 saturated carbocycles. The van der Waals surface area contributed by atoms with E-state index >= 15 is 0 Å². The van der Waals surface area contributed by atoms with Crippen molar-refractivity contribution >= 4 is 20.9 Å². The Morgan fingerprint density at radius 3 is 2.35 bits per heavy atom. The van der Waals surface area contributed by atoms with Crippen molar-refractivity contribution in [3.8, 4) is 23.2 Å². The van der Waals surface area contributed by atoms with E-state index in [4.69, 9.17) is 0 Å². The quantitative estimate of drug-likeness (QED) is 0.393. The highest BCUT2D eigenvalue weighted by atomic mass is 32.2. The van der Waals surface area contributed by atoms with Crippen molar-refractivity contribution in [1.29, 1.82) is 5.26 Å². The van der Waals surface area contributed by atoms with Crippen LogP contribution >= 0.6 is 0 Å². The number of fused-ring (bicyclic) bond motifs is 1. The van der Waals surface area contributed by atoms with Crippen LogP contribution in [0.15, 0.2) is 41.4 Å². The SMILES string of the molecule is C[C@H](NS(=O)(=O)c1ccc(-c2c(C#N)c3ccc(OC(F)(F)F)cc3n2C2CCCC2)nc1)C(F)(F)F. The monoisotopic (exact) mass is 546 g/mol. The summed E-state index contributed by atoms with van der Waals surface area (Å²) in [5, 5.41) is 10.3. The highest BCUT2D eigenvalue weighted by molar-refractivity contribution is 7.89. The molecule has 1 aliphatic carbocycles. The van der Waals surface area contributed by atoms with E-state index in [2.05, 4.69) is 15.8 Å². The van der Waals surface area contributed by atoms with Crippen molar-refractivity contribution in [3.63, 3.8) is 0 Å². The van der Waals surface area contributed by atoms with Gasteiger partial charge < -0.3 is 9.30 Å². The molecule has 0 radical (unpaired) electrons. The Bertz CT molecular complexity index is 1450. The first-order valence-corrected chi connectivity index (χ1v) is 12.6. The number of rotatable bonds is 6. The number of hydrogen-bond acceptors (Lipinski definition) is 5. The number of pyridine rings is 1. The molecule has 0 amide bonds. The zero-order chi connectivity index (χ0) is 27.2. The molecule has 3 aromatic rings. The second-order valence-corrected chi connectivity index (χ2v) is 10.3. The summed E-state index contributed by atoms with van der Waals surface area (Å²) in [6.07, 6.45) is -5.73. The van der Waals surface area contributed by atoms with Gasteiger partial charge in [0.05, 0.1) is 22.5 Å². The molecule has 4 rings (SSSR count). The van der Waals surface area contributed by atoms with Gasteiger partial charge in [0.2, 0.25) is 10.0 Å². The maximum atomic E-state index is 12.8. The van der Waals surface area contributed by atoms with Crippen LogP contribution < -0.4 is 9.46 Å². The molecule has 1 N–H and O–H groups in total. The van der Waals surface area contributed by atoms with Crippen LogP contribution in [0.5, 0.6) is 5.75 Å². The predicted molar refractivity (Wildman–Crippen MR) is 120 cm³/mol. The summed E-state index contributed by atoms with van der Waals surface area (Å²) in [6.45, 7) is 0.662. The van der Waals surface area contributed by atoms with E-state index in [-0.39, 0.29) is 23.0 Å². The van der Waals surface area contributed by atoms with Crippen molar-refractivity contribution in [1.82, 2.24) is 14.3 Å². The van der Waals surface area contributed by atoms with Gasteiger partial charge in [-0.25, -0.2) is 8.42 Å². The molecular formula is C23H20F6N4O3S. The highest BCUT2D eigenvalue weighted by Gasteiger charge is 2.39. The largest absolute Gasteiger partial charge is 0.573 e. The Kier molecular flexibility index (Phi) is 6.89. The number of ether oxygens (including phenoxy) is 1. The fraction of sp³-hybridized carbons (Fsp3) is 0.391. The molecule has 0 spiro atoms. The summed E-state index contributed by atoms with van der Waals surface area (Å²) in [5.41, 5.74) is 0.849. The van der Waals surface area contributed by atoms with E-state index in [1.54, 1.807) is 9.29 Å². The fourth-order valence-electron chi connectivity index (χ4n) is 4.44. The van der Waals surface area contributed by atoms with Crippen LogP contribution in [0.25, 0.3) is 22.3 Å². The molecule has 7 nitrogen and oxygen atoms in total. The molecule has 0 unspecified atom stereocenters. The van der Waals surface area contributed by atoms with Crippen molar-refractivity contribution < 1.29 is 39.5 Å². The minimum Gasteiger partial charge on any atom is -0.406 e. The summed E-state index contributed by atoms with van der Waals surface area (Å²) < 4.78 is 109. The van der Waals surface area contributed by atoms with Crippen molar-refractivity contribution in [2.45, 2.75) is 62.1 Å². The van der Waals surface area contributed by atoms with Gasteiger partial charge in [-0.15, -0.1) is 13.2 Å². The number of aromatic nitrogens is 2. The summed E-state index contributed by atoms with van der Waals surface area (Å²) in [4.78, 5) is 3.60. The third-order valence-electron chi connectivity index (χ3n) is 6.12. The number of nitriles is 1. The molecule has 2 heterocycles. The molecule has 1 fully saturated rings. The third kappa shape index (κ3) is 5.52. The summed E-state index contributed by atoms with van der Waals surface area (Å²) in [7, 11) is -4.56. The molecule has 14 heteroatoms. The number of hydrogen-bond donors (Lipinski definition) is 1. The lowest BCUT2D eigenvalue weighted by Gasteiger charge is -2.19. The number of nitrogens with zero attached hydrogens (tertiary/aromatic N) is 3. The Morgan fingerprint density at radius 2 is 1.81 bits per heavy atom. The van der Waals surface area contributed by atoms with Crippen molar-refractivity contribution in [2.75, 3.05) is 0 Å². The van der Waals surface area contributed by atoms with Gasteiger partial charge in [0.15, 0.2) is 0 Å². The zero-order valence-corrected chi connectivity index (χ0v) is 20.0. The smallest absolute Gasteiger partial charge is 0.406 e. The third-order valence-corrected chi connectivity index (χ3v) is 7.65. The number of alkyl halides is 6. The van der Waals surface area contributed by atoms with Crippen LogP contribution in [0, 0.1) is 11.3 Å². The molecule has 198 valence electrons. The summed E-state index contributed by atoms with van der Waals surface area (Å²) >= 11 is 0. The summed E-state index contributed by atoms with van der Waals surface area (Å²) in [6, 6.07) is 5.49. The average Bonchev–Trinajstić information content (AvgIpc) is 3.42. The molecule has 37 heavy (non-hydrogen) atoms. The fourth-order valence-corrected chi connectivity index (χ4v) is 5.61. The zero-order valence-electron chi connectivity index (χ0n) is 19.2. The van der Waals surface area contributed by atoms with Crippen LogP contribution in [0.1, 0.15) is 44.2 Å². The molecule has 1 aliphatic rings. The first-order chi connectivity index (χ1) is 17.2. The molecule has 2 aromatic heterocycles. The van der Waals surface area contributed by atoms with E-state index in [9.17, 15) is 40.0 Å². The lowest BCUT2D eigenvalue weighted by Crippen LogP contribution is -2.42. The van der Waals surface area contributed by atoms with E-state index in [1.165, 1.54) is 18.2 Å². The normalized spacial score (nSPS) is 16.2. The highest BCUT2D eigenvalue weighted by Crippen LogP contribution is 2.42. The topological polar surface area (TPSA) is 97.0 Å². The van der Waals surface area contributed by atoms with Gasteiger partial charge in [-0.3, -0.25) is 4.98 Å². The van der Waals surface area contributed by atoms with Gasteiger partial charge in [-0.2, -0.15) is 23.2 Å². The number of benzene rings is 1. The lowest BCUT2D eigenvalue weighted by molar-refractivity contribution is -0.274. The Morgan fingerprint density at radius 1 is 1.14 bits per heavy atom. The molecule has 1 aromatic carbocycles. The molecule has 0 aliphatic heterocycles. The van der Waals surface area contributed by atoms with Crippen LogP contribution in [0.3, 0.4) is 0 Å². The van der Waals surface area contributed by atoms with Gasteiger partial charge in [0, 0.05) is 23.7 Å². The van der Waals surface area contributed by atoms with E-state index in [1.807, 2.05) is 0 Å². The van der Waals surface area contributed by atoms with Crippen LogP contribution in [0.2, 0.25) is 0 Å². The number of halogens is 6. The summed E-state index contributed by atoms with van der Waals surface area (Å²) in [5.74, 6) is -0.466. The Hall–Kier alpha value is -3.31. The Labute approximate surface area is 207 Å². The molecule has 1 atom stereocenters. The van der Waals surface area contributed by atoms with Crippen LogP contribution in [-0.4, -0.2) is 36.5 Å². The standard InChI is InChI=1S/C23H20F6N4O3S/c1-13(22(24,25)26)32-37(34,35)16-7-9-19(31-12-16)21-18(11-30)17-8-6-15(36-23(27,28)29)10-20(17)33(21)14-4-2-3-5-14/h6-10,12-14,32H,2-5H2,1H3/t13-/m0/s1. The Balaban J connectivity index is 1.83. The lowest BCUT2D eigenvalue weighted by atomic mass is 10.1. The van der Waals surface area contributed by atoms with E-state index in [0.717, 1.165) is 31.2 Å². The number of sulfonamides is 1. The molecule has 0 bridgehead atoms. The predicted octanol–water partition coefficient (Wildman–Crippen LogP) is 5.82. The van der Waals surface area contributed by atoms with Crippen LogP contribution in [0.4, 0.5) is 26.3 Å². The average molecular weight is 546 g/mol. The maximum absolute atomic E-state index is 12.8. The van der Waals surface area contributed by atoms with Gasteiger partial charge in [0.1, 0.15) is 22.8 Å². The van der Waals surface area contributed by atoms with Gasteiger partial charge >= 0.3 is 12.5 Å².